The lowest BCUT2D eigenvalue weighted by Crippen LogP contribution is -2.10. The summed E-state index contributed by atoms with van der Waals surface area (Å²) in [6.45, 7) is 3.96. The molecule has 0 atom stereocenters. The number of hydrogen-bond donors (Lipinski definition) is 2. The Morgan fingerprint density at radius 1 is 1.50 bits per heavy atom. The maximum absolute atomic E-state index is 11.6. The molecule has 20 heavy (non-hydrogen) atoms. The third-order valence-electron chi connectivity index (χ3n) is 2.74. The number of nitrogens with two attached hydrogens (primary N) is 1. The highest BCUT2D eigenvalue weighted by Gasteiger charge is 2.11. The van der Waals surface area contributed by atoms with Crippen molar-refractivity contribution in [2.24, 2.45) is 0 Å². The van der Waals surface area contributed by atoms with Crippen LogP contribution in [0.5, 0.6) is 0 Å². The summed E-state index contributed by atoms with van der Waals surface area (Å²) in [5.74, 6) is 0. The lowest BCUT2D eigenvalue weighted by Gasteiger charge is -2.08. The normalized spacial score (nSPS) is 10.8. The fraction of sp³-hybridized carbons (Fsp3) is 0.308. The van der Waals surface area contributed by atoms with Gasteiger partial charge in [0.15, 0.2) is 5.16 Å². The van der Waals surface area contributed by atoms with Gasteiger partial charge in [-0.1, -0.05) is 13.3 Å². The summed E-state index contributed by atoms with van der Waals surface area (Å²) < 4.78 is 0.825. The highest BCUT2D eigenvalue weighted by Crippen LogP contribution is 2.33. The number of nitrogen functional groups attached to an aromatic ring is 1. The molecule has 0 aliphatic carbocycles. The maximum atomic E-state index is 11.6. The van der Waals surface area contributed by atoms with E-state index in [1.165, 1.54) is 17.8 Å². The molecule has 2 rings (SSSR count). The molecule has 5 nitrogen and oxygen atoms in total. The number of H-pyrrole nitrogens is 1. The fourth-order valence-electron chi connectivity index (χ4n) is 1.65. The van der Waals surface area contributed by atoms with Gasteiger partial charge in [-0.25, -0.2) is 9.97 Å². The minimum atomic E-state index is -0.144. The van der Waals surface area contributed by atoms with Gasteiger partial charge in [0.1, 0.15) is 5.03 Å². The van der Waals surface area contributed by atoms with Crippen LogP contribution in [0.2, 0.25) is 0 Å². The van der Waals surface area contributed by atoms with Crippen molar-refractivity contribution in [3.8, 4) is 0 Å². The molecule has 2 aromatic rings. The minimum absolute atomic E-state index is 0.144. The number of aromatic nitrogens is 3. The van der Waals surface area contributed by atoms with Gasteiger partial charge in [0.05, 0.1) is 16.4 Å². The molecule has 2 heterocycles. The second-order valence-electron chi connectivity index (χ2n) is 4.35. The number of halogens is 1. The molecule has 106 valence electrons. The quantitative estimate of drug-likeness (QED) is 0.824. The van der Waals surface area contributed by atoms with Crippen molar-refractivity contribution < 1.29 is 0 Å². The van der Waals surface area contributed by atoms with Crippen molar-refractivity contribution in [2.45, 2.75) is 36.9 Å². The van der Waals surface area contributed by atoms with Gasteiger partial charge in [0.2, 0.25) is 0 Å². The predicted molar refractivity (Wildman–Crippen MR) is 84.1 cm³/mol. The van der Waals surface area contributed by atoms with E-state index in [0.29, 0.717) is 10.8 Å². The summed E-state index contributed by atoms with van der Waals surface area (Å²) in [5.41, 5.74) is 8.00. The molecule has 0 saturated heterocycles. The van der Waals surface area contributed by atoms with E-state index < -0.39 is 0 Å². The summed E-state index contributed by atoms with van der Waals surface area (Å²) >= 11 is 4.78. The van der Waals surface area contributed by atoms with Crippen LogP contribution in [0, 0.1) is 6.92 Å². The van der Waals surface area contributed by atoms with Crippen LogP contribution in [0.3, 0.4) is 0 Å². The van der Waals surface area contributed by atoms with E-state index in [9.17, 15) is 4.79 Å². The largest absolute Gasteiger partial charge is 0.397 e. The van der Waals surface area contributed by atoms with Crippen molar-refractivity contribution in [1.82, 2.24) is 15.0 Å². The van der Waals surface area contributed by atoms with Crippen LogP contribution in [0.1, 0.15) is 24.6 Å². The molecule has 0 aromatic carbocycles. The summed E-state index contributed by atoms with van der Waals surface area (Å²) in [4.78, 5) is 23.0. The number of aryl methyl sites for hydroxylation is 1. The zero-order valence-electron chi connectivity index (χ0n) is 11.2. The summed E-state index contributed by atoms with van der Waals surface area (Å²) in [7, 11) is 0. The van der Waals surface area contributed by atoms with E-state index in [1.807, 2.05) is 6.92 Å². The van der Waals surface area contributed by atoms with Crippen LogP contribution >= 0.6 is 27.7 Å². The number of pyridine rings is 1. The first-order valence-corrected chi connectivity index (χ1v) is 7.81. The number of rotatable bonds is 4. The second-order valence-corrected chi connectivity index (χ2v) is 6.12. The Kier molecular flexibility index (Phi) is 4.82. The fourth-order valence-corrected chi connectivity index (χ4v) is 3.07. The third-order valence-corrected chi connectivity index (χ3v) is 4.87. The Hall–Kier alpha value is -1.34. The van der Waals surface area contributed by atoms with E-state index in [2.05, 4.69) is 37.8 Å². The van der Waals surface area contributed by atoms with E-state index in [-0.39, 0.29) is 5.56 Å². The van der Waals surface area contributed by atoms with Gasteiger partial charge in [0, 0.05) is 11.8 Å². The van der Waals surface area contributed by atoms with E-state index in [0.717, 1.165) is 33.6 Å². The van der Waals surface area contributed by atoms with E-state index >= 15 is 0 Å². The Bertz CT molecular complexity index is 687. The molecule has 0 aliphatic heterocycles. The zero-order chi connectivity index (χ0) is 14.7. The number of nitrogens with one attached hydrogen (secondary N) is 1. The zero-order valence-corrected chi connectivity index (χ0v) is 13.6. The van der Waals surface area contributed by atoms with Gasteiger partial charge in [-0.3, -0.25) is 4.79 Å². The molecule has 3 N–H and O–H groups in total. The monoisotopic (exact) mass is 354 g/mol. The highest BCUT2D eigenvalue weighted by molar-refractivity contribution is 9.10. The van der Waals surface area contributed by atoms with Crippen LogP contribution in [-0.4, -0.2) is 15.0 Å². The lowest BCUT2D eigenvalue weighted by molar-refractivity contribution is 0.814. The summed E-state index contributed by atoms with van der Waals surface area (Å²) in [6.07, 6.45) is 3.34. The summed E-state index contributed by atoms with van der Waals surface area (Å²) in [6, 6.07) is 1.53. The Morgan fingerprint density at radius 2 is 2.25 bits per heavy atom. The van der Waals surface area contributed by atoms with Crippen molar-refractivity contribution in [2.75, 3.05) is 5.73 Å². The number of nitrogens with zero attached hydrogens (tertiary/aromatic N) is 2. The van der Waals surface area contributed by atoms with Crippen LogP contribution in [0.15, 0.2) is 31.7 Å². The van der Waals surface area contributed by atoms with Crippen LogP contribution < -0.4 is 11.3 Å². The molecule has 0 radical (unpaired) electrons. The average molecular weight is 355 g/mol. The van der Waals surface area contributed by atoms with Crippen LogP contribution in [0.25, 0.3) is 0 Å². The molecule has 0 aliphatic rings. The van der Waals surface area contributed by atoms with Gasteiger partial charge in [-0.15, -0.1) is 0 Å². The smallest absolute Gasteiger partial charge is 0.251 e. The van der Waals surface area contributed by atoms with Gasteiger partial charge < -0.3 is 10.7 Å². The van der Waals surface area contributed by atoms with Gasteiger partial charge in [-0.2, -0.15) is 0 Å². The molecule has 2 aromatic heterocycles. The van der Waals surface area contributed by atoms with Crippen LogP contribution in [-0.2, 0) is 6.42 Å². The topological polar surface area (TPSA) is 84.7 Å². The van der Waals surface area contributed by atoms with Gasteiger partial charge in [-0.05, 0) is 46.6 Å². The standard InChI is InChI=1S/C13H15BrN4OS/c1-3-4-8-5-10(19)18-13(17-8)20-12-11(14)7(2)9(15)6-16-12/h5-6H,3-4,15H2,1-2H3,(H,17,18,19). The number of aromatic amines is 1. The molecule has 0 saturated carbocycles. The molecule has 7 heteroatoms. The third kappa shape index (κ3) is 3.40. The van der Waals surface area contributed by atoms with Crippen molar-refractivity contribution >= 4 is 33.4 Å². The van der Waals surface area contributed by atoms with Crippen molar-refractivity contribution in [3.63, 3.8) is 0 Å². The second kappa shape index (κ2) is 6.41. The lowest BCUT2D eigenvalue weighted by atomic mass is 10.2. The molecule has 0 fully saturated rings. The minimum Gasteiger partial charge on any atom is -0.397 e. The Morgan fingerprint density at radius 3 is 2.95 bits per heavy atom. The number of hydrogen-bond acceptors (Lipinski definition) is 5. The molecular formula is C13H15BrN4OS. The van der Waals surface area contributed by atoms with Gasteiger partial charge >= 0.3 is 0 Å². The van der Waals surface area contributed by atoms with Crippen molar-refractivity contribution in [3.05, 3.63) is 38.3 Å². The molecule has 0 unspecified atom stereocenters. The summed E-state index contributed by atoms with van der Waals surface area (Å²) in [5, 5.41) is 1.27. The molecule has 0 spiro atoms. The van der Waals surface area contributed by atoms with Crippen LogP contribution in [0.4, 0.5) is 5.69 Å². The SMILES string of the molecule is CCCc1cc(=O)[nH]c(Sc2ncc(N)c(C)c2Br)n1. The Balaban J connectivity index is 2.35. The van der Waals surface area contributed by atoms with E-state index in [1.54, 1.807) is 6.20 Å². The first-order valence-electron chi connectivity index (χ1n) is 6.20. The molecule has 0 bridgehead atoms. The Labute approximate surface area is 129 Å². The van der Waals surface area contributed by atoms with Gasteiger partial charge in [0.25, 0.3) is 5.56 Å². The maximum Gasteiger partial charge on any atom is 0.251 e. The predicted octanol–water partition coefficient (Wildman–Crippen LogP) is 2.92. The number of anilines is 1. The first kappa shape index (κ1) is 15.1. The van der Waals surface area contributed by atoms with E-state index in [4.69, 9.17) is 5.73 Å². The average Bonchev–Trinajstić information content (AvgIpc) is 2.39. The highest BCUT2D eigenvalue weighted by atomic mass is 79.9. The molecule has 0 amide bonds. The first-order chi connectivity index (χ1) is 9.51. The van der Waals surface area contributed by atoms with Crippen molar-refractivity contribution in [1.29, 1.82) is 0 Å². The molecular weight excluding hydrogens is 340 g/mol.